The zero-order valence-electron chi connectivity index (χ0n) is 17.4. The van der Waals surface area contributed by atoms with Gasteiger partial charge in [-0.1, -0.05) is 0 Å². The first-order valence-electron chi connectivity index (χ1n) is 9.62. The molecule has 0 saturated heterocycles. The summed E-state index contributed by atoms with van der Waals surface area (Å²) in [5.41, 5.74) is 3.59. The second-order valence-corrected chi connectivity index (χ2v) is 8.57. The van der Waals surface area contributed by atoms with E-state index in [1.54, 1.807) is 24.3 Å². The van der Waals surface area contributed by atoms with Crippen LogP contribution in [0.25, 0.3) is 0 Å². The summed E-state index contributed by atoms with van der Waals surface area (Å²) in [6.45, 7) is 0. The predicted molar refractivity (Wildman–Crippen MR) is 135 cm³/mol. The predicted octanol–water partition coefficient (Wildman–Crippen LogP) is 2.68. The average Bonchev–Trinajstić information content (AvgIpc) is 2.81. The van der Waals surface area contributed by atoms with Crippen molar-refractivity contribution in [3.63, 3.8) is 0 Å². The maximum Gasteiger partial charge on any atom is -0.412 e. The molecule has 0 aliphatic carbocycles. The second kappa shape index (κ2) is 13.4. The first-order chi connectivity index (χ1) is 15.5. The van der Waals surface area contributed by atoms with E-state index in [0.29, 0.717) is 0 Å². The summed E-state index contributed by atoms with van der Waals surface area (Å²) >= 11 is 4.98. The van der Waals surface area contributed by atoms with Gasteiger partial charge in [0.05, 0.1) is 0 Å². The van der Waals surface area contributed by atoms with Gasteiger partial charge >= 0.3 is 204 Å². The molecule has 4 aromatic carbocycles. The summed E-state index contributed by atoms with van der Waals surface area (Å²) in [6, 6.07) is 28.1. The van der Waals surface area contributed by atoms with Crippen molar-refractivity contribution in [2.45, 2.75) is 0 Å². The summed E-state index contributed by atoms with van der Waals surface area (Å²) < 4.78 is 27.5. The van der Waals surface area contributed by atoms with Crippen LogP contribution < -0.4 is 8.92 Å². The van der Waals surface area contributed by atoms with Gasteiger partial charge in [-0.05, 0) is 0 Å². The SMILES string of the molecule is Fc1ccc(C#Cc2ccccc2[SeH])cc1.Fc1ccc(C#Cc2ccccc2[SeH])cc1.O. The Morgan fingerprint density at radius 1 is 0.455 bits per heavy atom. The maximum atomic E-state index is 12.7. The molecule has 0 radical (unpaired) electrons. The largest absolute Gasteiger partial charge is 0.412 e. The van der Waals surface area contributed by atoms with Gasteiger partial charge in [-0.25, -0.2) is 0 Å². The summed E-state index contributed by atoms with van der Waals surface area (Å²) in [4.78, 5) is 0. The first-order valence-corrected chi connectivity index (χ1v) is 11.5. The molecule has 0 aliphatic heterocycles. The molecule has 164 valence electrons. The number of halogens is 2. The van der Waals surface area contributed by atoms with Crippen LogP contribution in [0.4, 0.5) is 8.78 Å². The molecule has 0 heterocycles. The van der Waals surface area contributed by atoms with Crippen LogP contribution in [0.2, 0.25) is 0 Å². The minimum Gasteiger partial charge on any atom is -0.412 e. The molecule has 0 saturated carbocycles. The van der Waals surface area contributed by atoms with E-state index in [1.165, 1.54) is 24.3 Å². The van der Waals surface area contributed by atoms with Crippen molar-refractivity contribution in [3.05, 3.63) is 131 Å². The normalized spacial score (nSPS) is 9.09. The molecule has 4 aromatic rings. The number of hydrogen-bond donors (Lipinski definition) is 0. The second-order valence-electron chi connectivity index (χ2n) is 6.55. The molecule has 0 unspecified atom stereocenters. The van der Waals surface area contributed by atoms with Gasteiger partial charge in [0, 0.05) is 0 Å². The van der Waals surface area contributed by atoms with E-state index in [2.05, 4.69) is 55.7 Å². The average molecular weight is 568 g/mol. The summed E-state index contributed by atoms with van der Waals surface area (Å²) in [5.74, 6) is 11.7. The summed E-state index contributed by atoms with van der Waals surface area (Å²) in [6.07, 6.45) is 0. The fourth-order valence-corrected chi connectivity index (χ4v) is 3.41. The molecular weight excluding hydrogens is 548 g/mol. The molecule has 2 N–H and O–H groups in total. The van der Waals surface area contributed by atoms with E-state index in [9.17, 15) is 8.78 Å². The smallest absolute Gasteiger partial charge is 0.412 e. The molecule has 0 fully saturated rings. The molecule has 4 rings (SSSR count). The van der Waals surface area contributed by atoms with Gasteiger partial charge < -0.3 is 5.48 Å². The van der Waals surface area contributed by atoms with Gasteiger partial charge in [-0.2, -0.15) is 0 Å². The van der Waals surface area contributed by atoms with Gasteiger partial charge in [0.1, 0.15) is 0 Å². The molecule has 0 bridgehead atoms. The quantitative estimate of drug-likeness (QED) is 0.231. The van der Waals surface area contributed by atoms with Crippen LogP contribution in [0.1, 0.15) is 22.3 Å². The van der Waals surface area contributed by atoms with Crippen LogP contribution in [-0.2, 0) is 0 Å². The Kier molecular flexibility index (Phi) is 10.6. The fourth-order valence-electron chi connectivity index (χ4n) is 2.50. The van der Waals surface area contributed by atoms with Crippen LogP contribution in [0.3, 0.4) is 0 Å². The van der Waals surface area contributed by atoms with E-state index >= 15 is 0 Å². The minimum atomic E-state index is -0.238. The Hall–Kier alpha value is -3.14. The van der Waals surface area contributed by atoms with Crippen molar-refractivity contribution in [2.24, 2.45) is 0 Å². The molecule has 5 heteroatoms. The van der Waals surface area contributed by atoms with Gasteiger partial charge in [0.2, 0.25) is 0 Å². The van der Waals surface area contributed by atoms with Gasteiger partial charge in [-0.3, -0.25) is 0 Å². The molecular formula is C28H20F2OSe2. The molecule has 0 atom stereocenters. The molecule has 0 aliphatic rings. The van der Waals surface area contributed by atoms with Crippen LogP contribution in [0.5, 0.6) is 0 Å². The standard InChI is InChI=1S/2C14H9FSe.H2O/c2*15-13-9-6-11(7-10-13)5-8-12-3-1-2-4-14(12)16;/h2*1-4,6-7,9-10,16H;1H2. The van der Waals surface area contributed by atoms with E-state index in [-0.39, 0.29) is 17.1 Å². The summed E-state index contributed by atoms with van der Waals surface area (Å²) in [5, 5.41) is 0. The van der Waals surface area contributed by atoms with E-state index < -0.39 is 0 Å². The molecule has 0 amide bonds. The van der Waals surface area contributed by atoms with Gasteiger partial charge in [-0.15, -0.1) is 0 Å². The molecule has 33 heavy (non-hydrogen) atoms. The Morgan fingerprint density at radius 3 is 1.12 bits per heavy atom. The number of hydrogen-bond acceptors (Lipinski definition) is 0. The fraction of sp³-hybridized carbons (Fsp3) is 0. The van der Waals surface area contributed by atoms with Crippen LogP contribution in [0.15, 0.2) is 97.1 Å². The maximum absolute atomic E-state index is 12.7. The van der Waals surface area contributed by atoms with Crippen molar-refractivity contribution in [1.82, 2.24) is 0 Å². The van der Waals surface area contributed by atoms with Crippen molar-refractivity contribution in [1.29, 1.82) is 0 Å². The van der Waals surface area contributed by atoms with Crippen LogP contribution in [-0.4, -0.2) is 37.5 Å². The van der Waals surface area contributed by atoms with Gasteiger partial charge in [0.25, 0.3) is 0 Å². The van der Waals surface area contributed by atoms with Crippen molar-refractivity contribution in [2.75, 3.05) is 0 Å². The van der Waals surface area contributed by atoms with Crippen LogP contribution >= 0.6 is 0 Å². The monoisotopic (exact) mass is 570 g/mol. The van der Waals surface area contributed by atoms with Crippen molar-refractivity contribution < 1.29 is 14.3 Å². The zero-order valence-corrected chi connectivity index (χ0v) is 21.1. The van der Waals surface area contributed by atoms with E-state index in [0.717, 1.165) is 31.2 Å². The topological polar surface area (TPSA) is 31.5 Å². The van der Waals surface area contributed by atoms with E-state index in [1.807, 2.05) is 48.5 Å². The first kappa shape index (κ1) is 26.1. The zero-order chi connectivity index (χ0) is 22.8. The van der Waals surface area contributed by atoms with Crippen molar-refractivity contribution >= 4 is 40.9 Å². The number of benzene rings is 4. The third-order valence-electron chi connectivity index (χ3n) is 4.18. The van der Waals surface area contributed by atoms with Crippen molar-refractivity contribution in [3.8, 4) is 23.7 Å². The third kappa shape index (κ3) is 8.72. The molecule has 1 nitrogen and oxygen atoms in total. The Bertz CT molecular complexity index is 1210. The molecule has 0 spiro atoms. The van der Waals surface area contributed by atoms with Gasteiger partial charge in [0.15, 0.2) is 0 Å². The van der Waals surface area contributed by atoms with E-state index in [4.69, 9.17) is 0 Å². The molecule has 0 aromatic heterocycles. The summed E-state index contributed by atoms with van der Waals surface area (Å²) in [7, 11) is 0. The van der Waals surface area contributed by atoms with Crippen LogP contribution in [0, 0.1) is 35.3 Å². The number of rotatable bonds is 0. The Labute approximate surface area is 209 Å². The Morgan fingerprint density at radius 2 is 0.788 bits per heavy atom. The third-order valence-corrected chi connectivity index (χ3v) is 5.82. The Balaban J connectivity index is 0.000000227. The minimum absolute atomic E-state index is 0.